The summed E-state index contributed by atoms with van der Waals surface area (Å²) >= 11 is 0. The first-order valence-corrected chi connectivity index (χ1v) is 5.66. The van der Waals surface area contributed by atoms with E-state index in [4.69, 9.17) is 9.15 Å². The van der Waals surface area contributed by atoms with E-state index in [0.29, 0.717) is 0 Å². The minimum absolute atomic E-state index is 0.130. The molecule has 1 aromatic heterocycles. The Bertz CT molecular complexity index is 293. The Hall–Kier alpha value is -0.870. The van der Waals surface area contributed by atoms with Crippen LogP contribution >= 0.6 is 0 Å². The highest BCUT2D eigenvalue weighted by molar-refractivity contribution is 5.11. The lowest BCUT2D eigenvalue weighted by molar-refractivity contribution is 0.0925. The molecule has 1 aliphatic heterocycles. The average molecular weight is 210 g/mol. The van der Waals surface area contributed by atoms with Crippen LogP contribution < -0.4 is 5.32 Å². The Labute approximate surface area is 90.0 Å². The molecule has 1 aliphatic rings. The summed E-state index contributed by atoms with van der Waals surface area (Å²) in [7, 11) is 0. The maximum atomic E-state index is 5.58. The smallest absolute Gasteiger partial charge is 0.181 e. The second-order valence-electron chi connectivity index (χ2n) is 3.84. The second kappa shape index (κ2) is 5.28. The third kappa shape index (κ3) is 2.58. The second-order valence-corrected chi connectivity index (χ2v) is 3.84. The molecule has 0 aliphatic carbocycles. The van der Waals surface area contributed by atoms with Crippen LogP contribution in [0, 0.1) is 0 Å². The molecule has 0 radical (unpaired) electrons. The van der Waals surface area contributed by atoms with Crippen molar-refractivity contribution >= 4 is 0 Å². The Morgan fingerprint density at radius 1 is 1.60 bits per heavy atom. The molecule has 4 heteroatoms. The Morgan fingerprint density at radius 3 is 3.27 bits per heavy atom. The van der Waals surface area contributed by atoms with Crippen LogP contribution in [-0.2, 0) is 11.3 Å². The lowest BCUT2D eigenvalue weighted by Crippen LogP contribution is -2.15. The molecule has 4 nitrogen and oxygen atoms in total. The zero-order chi connectivity index (χ0) is 10.5. The molecule has 15 heavy (non-hydrogen) atoms. The summed E-state index contributed by atoms with van der Waals surface area (Å²) in [4.78, 5) is 4.22. The van der Waals surface area contributed by atoms with Crippen molar-refractivity contribution in [3.63, 3.8) is 0 Å². The molecule has 1 unspecified atom stereocenters. The van der Waals surface area contributed by atoms with Gasteiger partial charge in [-0.2, -0.15) is 0 Å². The van der Waals surface area contributed by atoms with E-state index in [2.05, 4.69) is 17.2 Å². The minimum atomic E-state index is 0.130. The van der Waals surface area contributed by atoms with Gasteiger partial charge in [0.2, 0.25) is 0 Å². The van der Waals surface area contributed by atoms with E-state index in [1.165, 1.54) is 6.39 Å². The molecule has 1 saturated heterocycles. The van der Waals surface area contributed by atoms with Crippen molar-refractivity contribution in [2.24, 2.45) is 0 Å². The van der Waals surface area contributed by atoms with Gasteiger partial charge in [-0.25, -0.2) is 4.98 Å². The molecule has 1 aromatic rings. The fourth-order valence-corrected chi connectivity index (χ4v) is 1.84. The Kier molecular flexibility index (Phi) is 3.75. The van der Waals surface area contributed by atoms with Crippen molar-refractivity contribution in [1.29, 1.82) is 0 Å². The van der Waals surface area contributed by atoms with Crippen LogP contribution in [0.5, 0.6) is 0 Å². The topological polar surface area (TPSA) is 47.3 Å². The summed E-state index contributed by atoms with van der Waals surface area (Å²) in [6.45, 7) is 4.78. The number of ether oxygens (including phenoxy) is 1. The molecule has 0 bridgehead atoms. The normalized spacial score (nSPS) is 21.0. The zero-order valence-electron chi connectivity index (χ0n) is 9.16. The van der Waals surface area contributed by atoms with Gasteiger partial charge in [0.25, 0.3) is 0 Å². The number of nitrogens with one attached hydrogen (secondary N) is 1. The van der Waals surface area contributed by atoms with Crippen LogP contribution in [-0.4, -0.2) is 18.1 Å². The van der Waals surface area contributed by atoms with E-state index in [1.54, 1.807) is 0 Å². The molecule has 1 N–H and O–H groups in total. The number of hydrogen-bond acceptors (Lipinski definition) is 4. The van der Waals surface area contributed by atoms with E-state index in [1.807, 2.05) is 0 Å². The van der Waals surface area contributed by atoms with Crippen molar-refractivity contribution in [2.45, 2.75) is 38.8 Å². The predicted octanol–water partition coefficient (Wildman–Crippen LogP) is 2.03. The first-order chi connectivity index (χ1) is 7.42. The lowest BCUT2D eigenvalue weighted by Gasteiger charge is -2.08. The standard InChI is InChI=1S/C11H18N2O2/c1-2-5-12-7-9-11(15-8-13-9)10-4-3-6-14-10/h8,10,12H,2-7H2,1H3. The Balaban J connectivity index is 1.95. The molecule has 0 aromatic carbocycles. The monoisotopic (exact) mass is 210 g/mol. The maximum Gasteiger partial charge on any atom is 0.181 e. The zero-order valence-corrected chi connectivity index (χ0v) is 9.16. The third-order valence-corrected chi connectivity index (χ3v) is 2.61. The number of rotatable bonds is 5. The number of aromatic nitrogens is 1. The highest BCUT2D eigenvalue weighted by Gasteiger charge is 2.24. The minimum Gasteiger partial charge on any atom is -0.445 e. The first kappa shape index (κ1) is 10.6. The van der Waals surface area contributed by atoms with Gasteiger partial charge in [-0.3, -0.25) is 0 Å². The number of oxazole rings is 1. The Morgan fingerprint density at radius 2 is 2.53 bits per heavy atom. The number of hydrogen-bond donors (Lipinski definition) is 1. The van der Waals surface area contributed by atoms with Crippen molar-refractivity contribution in [2.75, 3.05) is 13.2 Å². The van der Waals surface area contributed by atoms with Crippen molar-refractivity contribution < 1.29 is 9.15 Å². The lowest BCUT2D eigenvalue weighted by atomic mass is 10.1. The summed E-state index contributed by atoms with van der Waals surface area (Å²) in [6.07, 6.45) is 4.95. The SMILES string of the molecule is CCCNCc1ncoc1C1CCCO1. The summed E-state index contributed by atoms with van der Waals surface area (Å²) in [5.74, 6) is 0.913. The van der Waals surface area contributed by atoms with Crippen molar-refractivity contribution in [3.8, 4) is 0 Å². The highest BCUT2D eigenvalue weighted by Crippen LogP contribution is 2.30. The predicted molar refractivity (Wildman–Crippen MR) is 56.4 cm³/mol. The van der Waals surface area contributed by atoms with E-state index < -0.39 is 0 Å². The largest absolute Gasteiger partial charge is 0.445 e. The maximum absolute atomic E-state index is 5.58. The van der Waals surface area contributed by atoms with E-state index in [0.717, 1.165) is 50.4 Å². The molecule has 2 heterocycles. The van der Waals surface area contributed by atoms with Gasteiger partial charge in [-0.05, 0) is 25.8 Å². The molecule has 1 atom stereocenters. The summed E-state index contributed by atoms with van der Waals surface area (Å²) in [6, 6.07) is 0. The van der Waals surface area contributed by atoms with Crippen molar-refractivity contribution in [1.82, 2.24) is 10.3 Å². The van der Waals surface area contributed by atoms with Gasteiger partial charge in [-0.15, -0.1) is 0 Å². The van der Waals surface area contributed by atoms with Gasteiger partial charge in [-0.1, -0.05) is 6.92 Å². The summed E-state index contributed by atoms with van der Waals surface area (Å²) in [5, 5.41) is 3.32. The molecule has 0 saturated carbocycles. The highest BCUT2D eigenvalue weighted by atomic mass is 16.5. The summed E-state index contributed by atoms with van der Waals surface area (Å²) < 4.78 is 11.0. The summed E-state index contributed by atoms with van der Waals surface area (Å²) in [5.41, 5.74) is 0.996. The fourth-order valence-electron chi connectivity index (χ4n) is 1.84. The van der Waals surface area contributed by atoms with Crippen LogP contribution in [0.25, 0.3) is 0 Å². The van der Waals surface area contributed by atoms with Crippen LogP contribution in [0.4, 0.5) is 0 Å². The quantitative estimate of drug-likeness (QED) is 0.755. The van der Waals surface area contributed by atoms with Gasteiger partial charge in [0.15, 0.2) is 12.2 Å². The van der Waals surface area contributed by atoms with Crippen molar-refractivity contribution in [3.05, 3.63) is 17.8 Å². The molecule has 84 valence electrons. The van der Waals surface area contributed by atoms with E-state index in [9.17, 15) is 0 Å². The van der Waals surface area contributed by atoms with Gasteiger partial charge in [0, 0.05) is 13.2 Å². The van der Waals surface area contributed by atoms with Gasteiger partial charge in [0.05, 0.1) is 5.69 Å². The molecule has 0 spiro atoms. The van der Waals surface area contributed by atoms with Crippen LogP contribution in [0.3, 0.4) is 0 Å². The average Bonchev–Trinajstić information content (AvgIpc) is 2.87. The molecular formula is C11H18N2O2. The van der Waals surface area contributed by atoms with E-state index >= 15 is 0 Å². The molecule has 2 rings (SSSR count). The van der Waals surface area contributed by atoms with Crippen LogP contribution in [0.15, 0.2) is 10.8 Å². The van der Waals surface area contributed by atoms with E-state index in [-0.39, 0.29) is 6.10 Å². The van der Waals surface area contributed by atoms with Crippen LogP contribution in [0.2, 0.25) is 0 Å². The van der Waals surface area contributed by atoms with Crippen LogP contribution in [0.1, 0.15) is 43.7 Å². The number of nitrogens with zero attached hydrogens (tertiary/aromatic N) is 1. The molecular weight excluding hydrogens is 192 g/mol. The van der Waals surface area contributed by atoms with Gasteiger partial charge in [0.1, 0.15) is 6.10 Å². The first-order valence-electron chi connectivity index (χ1n) is 5.66. The molecule has 1 fully saturated rings. The van der Waals surface area contributed by atoms with Gasteiger partial charge < -0.3 is 14.5 Å². The molecule has 0 amide bonds. The third-order valence-electron chi connectivity index (χ3n) is 2.61. The van der Waals surface area contributed by atoms with Gasteiger partial charge >= 0.3 is 0 Å². The fraction of sp³-hybridized carbons (Fsp3) is 0.727.